The van der Waals surface area contributed by atoms with Gasteiger partial charge in [0.1, 0.15) is 22.3 Å². The zero-order chi connectivity index (χ0) is 31.3. The molecule has 0 amide bonds. The number of benzene rings is 9. The molecule has 0 aliphatic rings. The Hall–Kier alpha value is -6.38. The quantitative estimate of drug-likeness (QED) is 0.195. The molecule has 0 N–H and O–H groups in total. The number of hydrogen-bond donors (Lipinski definition) is 0. The second kappa shape index (κ2) is 9.57. The molecule has 48 heavy (non-hydrogen) atoms. The summed E-state index contributed by atoms with van der Waals surface area (Å²) in [6.45, 7) is 0. The lowest BCUT2D eigenvalue weighted by Crippen LogP contribution is -1.87. The molecule has 0 saturated carbocycles. The summed E-state index contributed by atoms with van der Waals surface area (Å²) in [5.74, 6) is 0. The Kier molecular flexibility index (Phi) is 5.14. The first kappa shape index (κ1) is 25.8. The molecule has 11 rings (SSSR count). The molecule has 0 atom stereocenters. The minimum Gasteiger partial charge on any atom is -0.456 e. The summed E-state index contributed by atoms with van der Waals surface area (Å²) in [5.41, 5.74) is 8.28. The van der Waals surface area contributed by atoms with E-state index < -0.39 is 0 Å². The molecule has 0 aliphatic heterocycles. The summed E-state index contributed by atoms with van der Waals surface area (Å²) < 4.78 is 13.3. The van der Waals surface area contributed by atoms with E-state index in [-0.39, 0.29) is 0 Å². The number of hydrogen-bond acceptors (Lipinski definition) is 2. The van der Waals surface area contributed by atoms with Gasteiger partial charge < -0.3 is 8.83 Å². The first-order chi connectivity index (χ1) is 23.8. The molecule has 2 heterocycles. The first-order valence-electron chi connectivity index (χ1n) is 16.4. The van der Waals surface area contributed by atoms with Crippen LogP contribution in [0.3, 0.4) is 0 Å². The summed E-state index contributed by atoms with van der Waals surface area (Å²) >= 11 is 0. The monoisotopic (exact) mass is 610 g/mol. The van der Waals surface area contributed by atoms with Crippen LogP contribution in [0.2, 0.25) is 0 Å². The van der Waals surface area contributed by atoms with Crippen LogP contribution >= 0.6 is 0 Å². The summed E-state index contributed by atoms with van der Waals surface area (Å²) in [6.07, 6.45) is 0. The fourth-order valence-corrected chi connectivity index (χ4v) is 8.19. The molecule has 222 valence electrons. The Labute approximate surface area is 275 Å². The lowest BCUT2D eigenvalue weighted by atomic mass is 9.91. The van der Waals surface area contributed by atoms with Crippen molar-refractivity contribution in [2.24, 2.45) is 0 Å². The van der Waals surface area contributed by atoms with E-state index in [0.29, 0.717) is 0 Å². The predicted molar refractivity (Wildman–Crippen MR) is 202 cm³/mol. The molecule has 11 aromatic rings. The lowest BCUT2D eigenvalue weighted by molar-refractivity contribution is 0.664. The first-order valence-corrected chi connectivity index (χ1v) is 16.4. The van der Waals surface area contributed by atoms with Gasteiger partial charge in [-0.25, -0.2) is 0 Å². The maximum Gasteiger partial charge on any atom is 0.135 e. The van der Waals surface area contributed by atoms with Crippen molar-refractivity contribution in [3.05, 3.63) is 158 Å². The summed E-state index contributed by atoms with van der Waals surface area (Å²) in [6, 6.07) is 56.6. The molecule has 9 aromatic carbocycles. The maximum atomic E-state index is 6.66. The largest absolute Gasteiger partial charge is 0.456 e. The van der Waals surface area contributed by atoms with E-state index in [1.54, 1.807) is 0 Å². The van der Waals surface area contributed by atoms with Gasteiger partial charge in [-0.1, -0.05) is 127 Å². The van der Waals surface area contributed by atoms with Crippen molar-refractivity contribution >= 4 is 87.0 Å². The van der Waals surface area contributed by atoms with Crippen LogP contribution in [-0.4, -0.2) is 0 Å². The van der Waals surface area contributed by atoms with E-state index in [2.05, 4.69) is 158 Å². The molecule has 0 unspecified atom stereocenters. The van der Waals surface area contributed by atoms with Crippen LogP contribution < -0.4 is 0 Å². The maximum absolute atomic E-state index is 6.66. The molecule has 0 spiro atoms. The fraction of sp³-hybridized carbons (Fsp3) is 0. The molecular weight excluding hydrogens is 585 g/mol. The van der Waals surface area contributed by atoms with E-state index in [9.17, 15) is 0 Å². The van der Waals surface area contributed by atoms with E-state index in [4.69, 9.17) is 8.83 Å². The standard InChI is InChI=1S/C46H26O2/c1-12-29(31-22-24-41-45-33(31)16-6-18-37(45)35-14-2-8-27-10-4-20-39(47-41)43(27)35)26-30(13-1)32-23-25-42-46-34(32)17-7-19-38(46)36-15-3-9-28-11-5-21-40(48-42)44(28)36/h1-26H. The van der Waals surface area contributed by atoms with Gasteiger partial charge >= 0.3 is 0 Å². The van der Waals surface area contributed by atoms with Crippen molar-refractivity contribution in [2.45, 2.75) is 0 Å². The van der Waals surface area contributed by atoms with Gasteiger partial charge in [0.05, 0.1) is 0 Å². The van der Waals surface area contributed by atoms with Gasteiger partial charge in [0, 0.05) is 21.5 Å². The molecule has 2 nitrogen and oxygen atoms in total. The molecule has 0 bridgehead atoms. The summed E-state index contributed by atoms with van der Waals surface area (Å²) in [4.78, 5) is 0. The van der Waals surface area contributed by atoms with Crippen molar-refractivity contribution in [2.75, 3.05) is 0 Å². The van der Waals surface area contributed by atoms with Crippen LogP contribution in [-0.2, 0) is 0 Å². The molecule has 2 heteroatoms. The third kappa shape index (κ3) is 3.52. The van der Waals surface area contributed by atoms with Gasteiger partial charge in [0.15, 0.2) is 0 Å². The minimum atomic E-state index is 0.889. The Morgan fingerprint density at radius 1 is 0.271 bits per heavy atom. The van der Waals surface area contributed by atoms with Gasteiger partial charge in [-0.15, -0.1) is 0 Å². The highest BCUT2D eigenvalue weighted by Gasteiger charge is 2.17. The topological polar surface area (TPSA) is 26.3 Å². The zero-order valence-electron chi connectivity index (χ0n) is 25.8. The van der Waals surface area contributed by atoms with Crippen LogP contribution in [0.5, 0.6) is 0 Å². The molecular formula is C46H26O2. The van der Waals surface area contributed by atoms with E-state index in [1.807, 2.05) is 0 Å². The minimum absolute atomic E-state index is 0.889. The van der Waals surface area contributed by atoms with Crippen molar-refractivity contribution in [1.82, 2.24) is 0 Å². The SMILES string of the molecule is c1cc(-c2ccc3oc4cccc5cccc(c6cccc2c36)c54)cc(-c2ccc3oc4cccc5cccc(c6cccc2c36)c54)c1. The average Bonchev–Trinajstić information content (AvgIpc) is 3.37. The normalized spacial score (nSPS) is 12.2. The van der Waals surface area contributed by atoms with Crippen LogP contribution in [0, 0.1) is 0 Å². The van der Waals surface area contributed by atoms with Crippen LogP contribution in [0.25, 0.3) is 109 Å². The lowest BCUT2D eigenvalue weighted by Gasteiger charge is -2.12. The van der Waals surface area contributed by atoms with E-state index in [0.717, 1.165) is 43.9 Å². The van der Waals surface area contributed by atoms with Gasteiger partial charge in [0.2, 0.25) is 0 Å². The highest BCUT2D eigenvalue weighted by Crippen LogP contribution is 2.43. The third-order valence-electron chi connectivity index (χ3n) is 10.2. The molecule has 2 aromatic heterocycles. The van der Waals surface area contributed by atoms with Gasteiger partial charge in [-0.2, -0.15) is 0 Å². The second-order valence-corrected chi connectivity index (χ2v) is 12.8. The smallest absolute Gasteiger partial charge is 0.135 e. The highest BCUT2D eigenvalue weighted by molar-refractivity contribution is 6.26. The van der Waals surface area contributed by atoms with Crippen molar-refractivity contribution in [3.8, 4) is 22.3 Å². The van der Waals surface area contributed by atoms with E-state index in [1.165, 1.54) is 65.3 Å². The van der Waals surface area contributed by atoms with Gasteiger partial charge in [0.25, 0.3) is 0 Å². The van der Waals surface area contributed by atoms with Crippen LogP contribution in [0.4, 0.5) is 0 Å². The van der Waals surface area contributed by atoms with Crippen molar-refractivity contribution in [1.29, 1.82) is 0 Å². The Bertz CT molecular complexity index is 2900. The van der Waals surface area contributed by atoms with Crippen LogP contribution in [0.1, 0.15) is 0 Å². The van der Waals surface area contributed by atoms with Crippen molar-refractivity contribution < 1.29 is 8.83 Å². The average molecular weight is 611 g/mol. The second-order valence-electron chi connectivity index (χ2n) is 12.8. The van der Waals surface area contributed by atoms with Crippen molar-refractivity contribution in [3.63, 3.8) is 0 Å². The third-order valence-corrected chi connectivity index (χ3v) is 10.2. The Morgan fingerprint density at radius 3 is 1.10 bits per heavy atom. The summed E-state index contributed by atoms with van der Waals surface area (Å²) in [5, 5.41) is 14.2. The molecule has 0 fully saturated rings. The molecule has 0 saturated heterocycles. The fourth-order valence-electron chi connectivity index (χ4n) is 8.19. The number of rotatable bonds is 2. The Balaban J connectivity index is 1.17. The predicted octanol–water partition coefficient (Wildman–Crippen LogP) is 13.4. The molecule has 0 aliphatic carbocycles. The van der Waals surface area contributed by atoms with Crippen LogP contribution in [0.15, 0.2) is 167 Å². The Morgan fingerprint density at radius 2 is 0.625 bits per heavy atom. The zero-order valence-corrected chi connectivity index (χ0v) is 25.8. The molecule has 0 radical (unpaired) electrons. The highest BCUT2D eigenvalue weighted by atomic mass is 16.3. The van der Waals surface area contributed by atoms with E-state index >= 15 is 0 Å². The summed E-state index contributed by atoms with van der Waals surface area (Å²) in [7, 11) is 0. The van der Waals surface area contributed by atoms with Gasteiger partial charge in [-0.05, 0) is 95.7 Å². The van der Waals surface area contributed by atoms with Gasteiger partial charge in [-0.3, -0.25) is 0 Å². The number of fused-ring (bicyclic) bond motifs is 2.